The first-order valence-corrected chi connectivity index (χ1v) is 22.3. The Hall–Kier alpha value is -0.0100. The smallest absolute Gasteiger partial charge is 0.379 e. The molecule has 0 bridgehead atoms. The maximum atomic E-state index is 12.4. The molecule has 1 unspecified atom stereocenters. The van der Waals surface area contributed by atoms with Crippen molar-refractivity contribution in [3.05, 3.63) is 0 Å². The van der Waals surface area contributed by atoms with E-state index in [2.05, 4.69) is 13.8 Å². The van der Waals surface area contributed by atoms with Crippen molar-refractivity contribution in [3.8, 4) is 0 Å². The van der Waals surface area contributed by atoms with Crippen LogP contribution in [0.4, 0.5) is 0 Å². The molecule has 8 heteroatoms. The summed E-state index contributed by atoms with van der Waals surface area (Å²) >= 11 is 0. The van der Waals surface area contributed by atoms with Gasteiger partial charge in [-0.1, -0.05) is 181 Å². The second kappa shape index (κ2) is 35.4. The highest BCUT2D eigenvalue weighted by Crippen LogP contribution is 2.43. The van der Waals surface area contributed by atoms with Crippen molar-refractivity contribution in [2.75, 3.05) is 60.7 Å². The van der Waals surface area contributed by atoms with Crippen molar-refractivity contribution in [3.63, 3.8) is 0 Å². The predicted octanol–water partition coefficient (Wildman–Crippen LogP) is 12.2. The van der Waals surface area contributed by atoms with Gasteiger partial charge in [0.2, 0.25) is 0 Å². The van der Waals surface area contributed by atoms with Gasteiger partial charge in [-0.25, -0.2) is 4.57 Å². The maximum Gasteiger partial charge on any atom is 0.472 e. The Morgan fingerprint density at radius 3 is 1.21 bits per heavy atom. The normalized spacial score (nSPS) is 14.0. The molecule has 2 atom stereocenters. The Morgan fingerprint density at radius 1 is 0.479 bits per heavy atom. The van der Waals surface area contributed by atoms with Gasteiger partial charge in [-0.05, 0) is 12.8 Å². The summed E-state index contributed by atoms with van der Waals surface area (Å²) in [4.78, 5) is 10.2. The second-order valence-electron chi connectivity index (χ2n) is 15.4. The fourth-order valence-corrected chi connectivity index (χ4v) is 6.69. The van der Waals surface area contributed by atoms with E-state index in [0.29, 0.717) is 30.8 Å². The lowest BCUT2D eigenvalue weighted by molar-refractivity contribution is -0.870. The molecule has 0 saturated carbocycles. The molecule has 7 nitrogen and oxygen atoms in total. The van der Waals surface area contributed by atoms with Gasteiger partial charge in [-0.3, -0.25) is 9.05 Å². The standard InChI is InChI=1S/C40H84NO6P/c1-6-8-10-12-14-16-18-20-21-22-23-25-27-29-31-33-36-45-40(39-47-48(42,43)46-37-34-41(3,4)5)38-44-35-32-30-28-26-24-19-17-15-13-11-9-7-2/h40H,6-39H2,1-5H3/p+1/t40-/m1/s1. The molecule has 0 saturated heterocycles. The van der Waals surface area contributed by atoms with Crippen molar-refractivity contribution in [2.24, 2.45) is 0 Å². The van der Waals surface area contributed by atoms with Crippen LogP contribution in [0, 0.1) is 0 Å². The lowest BCUT2D eigenvalue weighted by Crippen LogP contribution is -2.37. The van der Waals surface area contributed by atoms with Crippen molar-refractivity contribution in [1.29, 1.82) is 0 Å². The molecule has 0 aliphatic carbocycles. The molecule has 0 radical (unpaired) electrons. The van der Waals surface area contributed by atoms with Gasteiger partial charge in [-0.15, -0.1) is 0 Å². The minimum Gasteiger partial charge on any atom is -0.379 e. The van der Waals surface area contributed by atoms with E-state index in [1.54, 1.807) is 0 Å². The molecule has 0 aromatic rings. The molecule has 0 heterocycles. The largest absolute Gasteiger partial charge is 0.472 e. The SMILES string of the molecule is CCCCCCCCCCCCCCCCCCO[C@H](COCCCCCCCCCCCCCC)COP(=O)(O)OCC[N+](C)(C)C. The van der Waals surface area contributed by atoms with Crippen LogP contribution < -0.4 is 0 Å². The van der Waals surface area contributed by atoms with E-state index in [1.807, 2.05) is 21.1 Å². The number of phosphoric ester groups is 1. The van der Waals surface area contributed by atoms with E-state index < -0.39 is 7.82 Å². The molecule has 1 N–H and O–H groups in total. The molecule has 48 heavy (non-hydrogen) atoms. The average molecular weight is 707 g/mol. The monoisotopic (exact) mass is 707 g/mol. The topological polar surface area (TPSA) is 74.2 Å². The molecular weight excluding hydrogens is 621 g/mol. The minimum atomic E-state index is -4.13. The Morgan fingerprint density at radius 2 is 0.833 bits per heavy atom. The zero-order chi connectivity index (χ0) is 35.4. The number of ether oxygens (including phenoxy) is 2. The predicted molar refractivity (Wildman–Crippen MR) is 206 cm³/mol. The number of rotatable bonds is 40. The van der Waals surface area contributed by atoms with E-state index in [-0.39, 0.29) is 19.3 Å². The van der Waals surface area contributed by atoms with E-state index in [1.165, 1.54) is 161 Å². The summed E-state index contributed by atoms with van der Waals surface area (Å²) < 4.78 is 35.7. The van der Waals surface area contributed by atoms with Crippen molar-refractivity contribution in [2.45, 2.75) is 200 Å². The van der Waals surface area contributed by atoms with Crippen LogP contribution >= 0.6 is 7.82 Å². The molecular formula is C40H85NO6P+. The first kappa shape index (κ1) is 48.0. The first-order chi connectivity index (χ1) is 23.2. The molecule has 0 rings (SSSR count). The van der Waals surface area contributed by atoms with Gasteiger partial charge in [0, 0.05) is 13.2 Å². The van der Waals surface area contributed by atoms with Crippen molar-refractivity contribution in [1.82, 2.24) is 0 Å². The highest BCUT2D eigenvalue weighted by atomic mass is 31.2. The number of quaternary nitrogens is 1. The van der Waals surface area contributed by atoms with Crippen molar-refractivity contribution >= 4 is 7.82 Å². The van der Waals surface area contributed by atoms with Crippen LogP contribution in [0.5, 0.6) is 0 Å². The second-order valence-corrected chi connectivity index (χ2v) is 16.8. The highest BCUT2D eigenvalue weighted by molar-refractivity contribution is 7.47. The Bertz CT molecular complexity index is 689. The first-order valence-electron chi connectivity index (χ1n) is 20.8. The fraction of sp³-hybridized carbons (Fsp3) is 1.00. The van der Waals surface area contributed by atoms with Gasteiger partial charge in [0.1, 0.15) is 19.3 Å². The third kappa shape index (κ3) is 38.8. The molecule has 0 amide bonds. The summed E-state index contributed by atoms with van der Waals surface area (Å²) in [7, 11) is 1.92. The Balaban J connectivity index is 4.07. The summed E-state index contributed by atoms with van der Waals surface area (Å²) in [5.41, 5.74) is 0. The number of unbranched alkanes of at least 4 members (excludes halogenated alkanes) is 26. The summed E-state index contributed by atoms with van der Waals surface area (Å²) in [5.74, 6) is 0. The fourth-order valence-electron chi connectivity index (χ4n) is 5.95. The maximum absolute atomic E-state index is 12.4. The zero-order valence-electron chi connectivity index (χ0n) is 33.0. The molecule has 0 aliphatic rings. The van der Waals surface area contributed by atoms with E-state index in [9.17, 15) is 9.46 Å². The molecule has 290 valence electrons. The van der Waals surface area contributed by atoms with Gasteiger partial charge >= 0.3 is 7.82 Å². The van der Waals surface area contributed by atoms with Crippen LogP contribution in [0.15, 0.2) is 0 Å². The Kier molecular flexibility index (Phi) is 35.4. The third-order valence-electron chi connectivity index (χ3n) is 9.24. The molecule has 0 aromatic heterocycles. The van der Waals surface area contributed by atoms with Crippen LogP contribution in [-0.2, 0) is 23.1 Å². The molecule has 0 fully saturated rings. The van der Waals surface area contributed by atoms with Crippen LogP contribution in [0.2, 0.25) is 0 Å². The van der Waals surface area contributed by atoms with Gasteiger partial charge in [0.25, 0.3) is 0 Å². The van der Waals surface area contributed by atoms with Crippen LogP contribution in [0.3, 0.4) is 0 Å². The number of nitrogens with zero attached hydrogens (tertiary/aromatic N) is 1. The van der Waals surface area contributed by atoms with Gasteiger partial charge in [0.15, 0.2) is 0 Å². The van der Waals surface area contributed by atoms with Gasteiger partial charge in [0.05, 0.1) is 34.4 Å². The molecule has 0 spiro atoms. The lowest BCUT2D eigenvalue weighted by Gasteiger charge is -2.24. The molecule has 0 aromatic carbocycles. The van der Waals surface area contributed by atoms with Gasteiger partial charge in [-0.2, -0.15) is 0 Å². The van der Waals surface area contributed by atoms with Crippen molar-refractivity contribution < 1.29 is 32.5 Å². The number of likely N-dealkylation sites (N-methyl/N-ethyl adjacent to an activating group) is 1. The van der Waals surface area contributed by atoms with E-state index >= 15 is 0 Å². The minimum absolute atomic E-state index is 0.00451. The average Bonchev–Trinajstić information content (AvgIpc) is 3.04. The summed E-state index contributed by atoms with van der Waals surface area (Å²) in [6.45, 7) is 7.01. The van der Waals surface area contributed by atoms with Crippen LogP contribution in [0.1, 0.15) is 194 Å². The number of hydrogen-bond acceptors (Lipinski definition) is 5. The number of hydrogen-bond donors (Lipinski definition) is 1. The van der Waals surface area contributed by atoms with E-state index in [0.717, 1.165) is 19.3 Å². The highest BCUT2D eigenvalue weighted by Gasteiger charge is 2.25. The zero-order valence-corrected chi connectivity index (χ0v) is 33.9. The Labute approximate surface area is 300 Å². The number of phosphoric acid groups is 1. The van der Waals surface area contributed by atoms with Crippen LogP contribution in [0.25, 0.3) is 0 Å². The lowest BCUT2D eigenvalue weighted by atomic mass is 10.0. The quantitative estimate of drug-likeness (QED) is 0.0388. The summed E-state index contributed by atoms with van der Waals surface area (Å²) in [6.07, 6.45) is 36.9. The summed E-state index contributed by atoms with van der Waals surface area (Å²) in [6, 6.07) is 0. The molecule has 0 aliphatic heterocycles. The third-order valence-corrected chi connectivity index (χ3v) is 10.2. The van der Waals surface area contributed by atoms with E-state index in [4.69, 9.17) is 18.5 Å². The van der Waals surface area contributed by atoms with Crippen LogP contribution in [-0.4, -0.2) is 76.2 Å². The van der Waals surface area contributed by atoms with Gasteiger partial charge < -0.3 is 18.9 Å². The summed E-state index contributed by atoms with van der Waals surface area (Å²) in [5, 5.41) is 0.